The minimum atomic E-state index is -0.551. The van der Waals surface area contributed by atoms with E-state index in [2.05, 4.69) is 5.32 Å². The van der Waals surface area contributed by atoms with Crippen LogP contribution in [-0.2, 0) is 0 Å². The molecule has 0 aliphatic heterocycles. The zero-order valence-corrected chi connectivity index (χ0v) is 11.5. The number of nitrogens with two attached hydrogens (primary N) is 2. The van der Waals surface area contributed by atoms with E-state index in [1.165, 1.54) is 18.4 Å². The van der Waals surface area contributed by atoms with Crippen LogP contribution in [-0.4, -0.2) is 19.0 Å². The van der Waals surface area contributed by atoms with E-state index in [1.54, 1.807) is 30.3 Å². The van der Waals surface area contributed by atoms with E-state index in [4.69, 9.17) is 16.2 Å². The number of carbonyl (C=O) groups is 2. The van der Waals surface area contributed by atoms with E-state index in [0.717, 1.165) is 10.4 Å². The first-order valence-electron chi connectivity index (χ1n) is 5.70. The molecule has 0 saturated carbocycles. The van der Waals surface area contributed by atoms with Gasteiger partial charge in [-0.15, -0.1) is 11.3 Å². The molecule has 1 heterocycles. The second kappa shape index (κ2) is 5.62. The Hall–Kier alpha value is -2.54. The molecule has 5 N–H and O–H groups in total. The van der Waals surface area contributed by atoms with Crippen LogP contribution >= 0.6 is 11.3 Å². The Kier molecular flexibility index (Phi) is 3.90. The second-order valence-corrected chi connectivity index (χ2v) is 5.00. The third kappa shape index (κ3) is 2.89. The first-order chi connectivity index (χ1) is 9.51. The van der Waals surface area contributed by atoms with Gasteiger partial charge in [-0.1, -0.05) is 0 Å². The van der Waals surface area contributed by atoms with Gasteiger partial charge in [-0.2, -0.15) is 0 Å². The second-order valence-electron chi connectivity index (χ2n) is 3.92. The number of rotatable bonds is 3. The Morgan fingerprint density at radius 2 is 1.90 bits per heavy atom. The van der Waals surface area contributed by atoms with Crippen molar-refractivity contribution < 1.29 is 14.3 Å². The van der Waals surface area contributed by atoms with Gasteiger partial charge in [0.1, 0.15) is 5.75 Å². The van der Waals surface area contributed by atoms with Gasteiger partial charge in [-0.05, 0) is 35.9 Å². The zero-order valence-electron chi connectivity index (χ0n) is 10.7. The van der Waals surface area contributed by atoms with Gasteiger partial charge in [0.05, 0.1) is 10.6 Å². The number of benzene rings is 1. The third-order valence-corrected chi connectivity index (χ3v) is 3.59. The quantitative estimate of drug-likeness (QED) is 0.801. The standard InChI is InChI=1S/C13H13N3O3S/c1-16-13(18)19-8-4-2-7(3-5-8)10-6-9(11(14)17)12(15)20-10/h2-6H,15H2,1H3,(H2,14,17)(H,16,18). The smallest absolute Gasteiger partial charge is 0.410 e. The molecule has 20 heavy (non-hydrogen) atoms. The monoisotopic (exact) mass is 291 g/mol. The fourth-order valence-corrected chi connectivity index (χ4v) is 2.52. The van der Waals surface area contributed by atoms with Crippen molar-refractivity contribution in [1.82, 2.24) is 5.32 Å². The van der Waals surface area contributed by atoms with Crippen LogP contribution in [0.1, 0.15) is 10.4 Å². The minimum Gasteiger partial charge on any atom is -0.410 e. The Morgan fingerprint density at radius 3 is 2.40 bits per heavy atom. The summed E-state index contributed by atoms with van der Waals surface area (Å²) < 4.78 is 4.98. The van der Waals surface area contributed by atoms with Crippen LogP contribution in [0.25, 0.3) is 10.4 Å². The van der Waals surface area contributed by atoms with Gasteiger partial charge in [-0.25, -0.2) is 4.79 Å². The van der Waals surface area contributed by atoms with Gasteiger partial charge in [0, 0.05) is 11.9 Å². The number of hydrogen-bond donors (Lipinski definition) is 3. The molecular weight excluding hydrogens is 278 g/mol. The average molecular weight is 291 g/mol. The van der Waals surface area contributed by atoms with Crippen molar-refractivity contribution >= 4 is 28.3 Å². The number of amides is 2. The molecule has 1 aromatic carbocycles. The van der Waals surface area contributed by atoms with Crippen LogP contribution in [0.4, 0.5) is 9.80 Å². The molecule has 0 bridgehead atoms. The van der Waals surface area contributed by atoms with Crippen LogP contribution < -0.4 is 21.5 Å². The molecule has 104 valence electrons. The van der Waals surface area contributed by atoms with Crippen LogP contribution in [0, 0.1) is 0 Å². The summed E-state index contributed by atoms with van der Waals surface area (Å²) in [6.07, 6.45) is -0.533. The SMILES string of the molecule is CNC(=O)Oc1ccc(-c2cc(C(N)=O)c(N)s2)cc1. The lowest BCUT2D eigenvalue weighted by molar-refractivity contribution is 0.100. The van der Waals surface area contributed by atoms with Gasteiger partial charge in [0.15, 0.2) is 0 Å². The number of ether oxygens (including phenoxy) is 1. The minimum absolute atomic E-state index is 0.315. The molecule has 7 heteroatoms. The van der Waals surface area contributed by atoms with Crippen LogP contribution in [0.5, 0.6) is 5.75 Å². The van der Waals surface area contributed by atoms with Gasteiger partial charge >= 0.3 is 6.09 Å². The maximum Gasteiger partial charge on any atom is 0.412 e. The topological polar surface area (TPSA) is 107 Å². The molecule has 2 rings (SSSR count). The first-order valence-corrected chi connectivity index (χ1v) is 6.52. The number of primary amides is 1. The van der Waals surface area contributed by atoms with E-state index in [-0.39, 0.29) is 0 Å². The maximum atomic E-state index is 11.2. The molecule has 0 radical (unpaired) electrons. The van der Waals surface area contributed by atoms with E-state index >= 15 is 0 Å². The summed E-state index contributed by atoms with van der Waals surface area (Å²) in [5, 5.41) is 2.74. The Bertz CT molecular complexity index is 649. The van der Waals surface area contributed by atoms with Crippen molar-refractivity contribution in [3.63, 3.8) is 0 Å². The number of anilines is 1. The Labute approximate surface area is 119 Å². The van der Waals surface area contributed by atoms with Gasteiger partial charge in [0.2, 0.25) is 0 Å². The molecule has 0 fully saturated rings. The lowest BCUT2D eigenvalue weighted by Crippen LogP contribution is -2.21. The van der Waals surface area contributed by atoms with Crippen molar-refractivity contribution in [1.29, 1.82) is 0 Å². The highest BCUT2D eigenvalue weighted by Gasteiger charge is 2.12. The molecule has 2 aromatic rings. The van der Waals surface area contributed by atoms with Crippen molar-refractivity contribution in [3.8, 4) is 16.2 Å². The zero-order chi connectivity index (χ0) is 14.7. The number of nitrogens with one attached hydrogen (secondary N) is 1. The fourth-order valence-electron chi connectivity index (χ4n) is 1.59. The predicted octanol–water partition coefficient (Wildman–Crippen LogP) is 1.81. The van der Waals surface area contributed by atoms with E-state index in [0.29, 0.717) is 16.3 Å². The van der Waals surface area contributed by atoms with E-state index in [1.807, 2.05) is 0 Å². The highest BCUT2D eigenvalue weighted by Crippen LogP contribution is 2.33. The molecule has 0 saturated heterocycles. The summed E-state index contributed by atoms with van der Waals surface area (Å²) in [5.74, 6) is -0.127. The summed E-state index contributed by atoms with van der Waals surface area (Å²) in [7, 11) is 1.48. The molecule has 1 aromatic heterocycles. The molecular formula is C13H13N3O3S. The number of hydrogen-bond acceptors (Lipinski definition) is 5. The molecule has 2 amide bonds. The molecule has 6 nitrogen and oxygen atoms in total. The summed E-state index contributed by atoms with van der Waals surface area (Å²) in [5.41, 5.74) is 12.1. The molecule has 0 spiro atoms. The van der Waals surface area contributed by atoms with Gasteiger partial charge in [0.25, 0.3) is 5.91 Å². The van der Waals surface area contributed by atoms with Crippen molar-refractivity contribution in [2.24, 2.45) is 5.73 Å². The summed E-state index contributed by atoms with van der Waals surface area (Å²) in [4.78, 5) is 23.0. The van der Waals surface area contributed by atoms with E-state index in [9.17, 15) is 9.59 Å². The van der Waals surface area contributed by atoms with Crippen molar-refractivity contribution in [2.45, 2.75) is 0 Å². The van der Waals surface area contributed by atoms with Gasteiger partial charge in [-0.3, -0.25) is 4.79 Å². The van der Waals surface area contributed by atoms with Crippen molar-refractivity contribution in [2.75, 3.05) is 12.8 Å². The number of thiophene rings is 1. The average Bonchev–Trinajstić information content (AvgIpc) is 2.81. The molecule has 0 unspecified atom stereocenters. The highest BCUT2D eigenvalue weighted by atomic mass is 32.1. The maximum absolute atomic E-state index is 11.2. The number of nitrogen functional groups attached to an aromatic ring is 1. The Morgan fingerprint density at radius 1 is 1.25 bits per heavy atom. The first kappa shape index (κ1) is 13.9. The molecule has 0 aliphatic carbocycles. The number of carbonyl (C=O) groups excluding carboxylic acids is 2. The third-order valence-electron chi connectivity index (χ3n) is 2.58. The summed E-state index contributed by atoms with van der Waals surface area (Å²) >= 11 is 1.28. The highest BCUT2D eigenvalue weighted by molar-refractivity contribution is 7.19. The van der Waals surface area contributed by atoms with Crippen LogP contribution in [0.2, 0.25) is 0 Å². The van der Waals surface area contributed by atoms with Gasteiger partial charge < -0.3 is 21.5 Å². The largest absolute Gasteiger partial charge is 0.412 e. The summed E-state index contributed by atoms with van der Waals surface area (Å²) in [6, 6.07) is 8.51. The fraction of sp³-hybridized carbons (Fsp3) is 0.0769. The van der Waals surface area contributed by atoms with Crippen LogP contribution in [0.15, 0.2) is 30.3 Å². The van der Waals surface area contributed by atoms with Crippen molar-refractivity contribution in [3.05, 3.63) is 35.9 Å². The summed E-state index contributed by atoms with van der Waals surface area (Å²) in [6.45, 7) is 0. The Balaban J connectivity index is 2.24. The lowest BCUT2D eigenvalue weighted by atomic mass is 10.1. The van der Waals surface area contributed by atoms with Crippen LogP contribution in [0.3, 0.4) is 0 Å². The normalized spacial score (nSPS) is 10.1. The lowest BCUT2D eigenvalue weighted by Gasteiger charge is -2.03. The predicted molar refractivity (Wildman–Crippen MR) is 77.8 cm³/mol. The van der Waals surface area contributed by atoms with E-state index < -0.39 is 12.0 Å². The molecule has 0 atom stereocenters. The molecule has 0 aliphatic rings.